The monoisotopic (exact) mass is 632 g/mol. The van der Waals surface area contributed by atoms with E-state index in [1.54, 1.807) is 24.1 Å². The number of aromatic nitrogens is 2. The smallest absolute Gasteiger partial charge is 0.243 e. The van der Waals surface area contributed by atoms with Crippen molar-refractivity contribution in [3.8, 4) is 0 Å². The van der Waals surface area contributed by atoms with E-state index in [1.165, 1.54) is 0 Å². The van der Waals surface area contributed by atoms with E-state index in [-0.39, 0.29) is 32.2 Å². The number of hydrogen-bond acceptors (Lipinski definition) is 8. The Hall–Kier alpha value is -4.88. The van der Waals surface area contributed by atoms with Gasteiger partial charge in [-0.25, -0.2) is 4.98 Å². The molecule has 246 valence electrons. The SMILES string of the molecule is Cn1cncc1C[C@H](NC(=O)CN)C(=O)N[C@@H](CCCCN)C(=O)N[C@@H](Cc1ccccc1)C(=O)N[C@H](C=O)Cc1ccccc1. The number of amides is 4. The predicted octanol–water partition coefficient (Wildman–Crippen LogP) is -0.326. The molecule has 3 rings (SSSR count). The maximum absolute atomic E-state index is 13.8. The maximum atomic E-state index is 13.8. The lowest BCUT2D eigenvalue weighted by atomic mass is 10.0. The first-order chi connectivity index (χ1) is 22.2. The van der Waals surface area contributed by atoms with Crippen LogP contribution in [-0.2, 0) is 50.3 Å². The van der Waals surface area contributed by atoms with E-state index in [4.69, 9.17) is 11.5 Å². The van der Waals surface area contributed by atoms with Crippen LogP contribution in [0.4, 0.5) is 0 Å². The number of benzene rings is 2. The predicted molar refractivity (Wildman–Crippen MR) is 173 cm³/mol. The number of carbonyl (C=O) groups excluding carboxylic acids is 5. The number of nitrogens with two attached hydrogens (primary N) is 2. The molecule has 13 nitrogen and oxygen atoms in total. The molecule has 46 heavy (non-hydrogen) atoms. The van der Waals surface area contributed by atoms with Crippen LogP contribution in [0.25, 0.3) is 0 Å². The van der Waals surface area contributed by atoms with Crippen LogP contribution in [0, 0.1) is 0 Å². The van der Waals surface area contributed by atoms with E-state index >= 15 is 0 Å². The highest BCUT2D eigenvalue weighted by atomic mass is 16.2. The van der Waals surface area contributed by atoms with Crippen LogP contribution >= 0.6 is 0 Å². The van der Waals surface area contributed by atoms with Gasteiger partial charge in [-0.3, -0.25) is 19.2 Å². The summed E-state index contributed by atoms with van der Waals surface area (Å²) >= 11 is 0. The minimum absolute atomic E-state index is 0.110. The zero-order valence-corrected chi connectivity index (χ0v) is 26.1. The molecule has 0 radical (unpaired) electrons. The Morgan fingerprint density at radius 1 is 0.761 bits per heavy atom. The van der Waals surface area contributed by atoms with Gasteiger partial charge in [0.05, 0.1) is 18.9 Å². The van der Waals surface area contributed by atoms with Gasteiger partial charge >= 0.3 is 0 Å². The molecule has 0 aliphatic carbocycles. The largest absolute Gasteiger partial charge is 0.344 e. The lowest BCUT2D eigenvalue weighted by Gasteiger charge is -2.26. The van der Waals surface area contributed by atoms with Gasteiger partial charge in [0, 0.05) is 31.8 Å². The van der Waals surface area contributed by atoms with Crippen molar-refractivity contribution in [3.05, 3.63) is 90.0 Å². The van der Waals surface area contributed by atoms with Crippen LogP contribution in [-0.4, -0.2) is 76.7 Å². The molecule has 0 spiro atoms. The number of nitrogens with one attached hydrogen (secondary N) is 4. The van der Waals surface area contributed by atoms with Crippen LogP contribution in [0.3, 0.4) is 0 Å². The maximum Gasteiger partial charge on any atom is 0.243 e. The van der Waals surface area contributed by atoms with Crippen LogP contribution in [0.2, 0.25) is 0 Å². The molecular weight excluding hydrogens is 588 g/mol. The number of aldehydes is 1. The zero-order chi connectivity index (χ0) is 33.3. The van der Waals surface area contributed by atoms with Crippen molar-refractivity contribution in [3.63, 3.8) is 0 Å². The first-order valence-electron chi connectivity index (χ1n) is 15.3. The fourth-order valence-corrected chi connectivity index (χ4v) is 4.90. The van der Waals surface area contributed by atoms with Crippen LogP contribution in [0.5, 0.6) is 0 Å². The van der Waals surface area contributed by atoms with Gasteiger partial charge < -0.3 is 42.1 Å². The Morgan fingerprint density at radius 3 is 1.89 bits per heavy atom. The molecule has 0 bridgehead atoms. The van der Waals surface area contributed by atoms with E-state index in [0.29, 0.717) is 31.4 Å². The summed E-state index contributed by atoms with van der Waals surface area (Å²) in [5, 5.41) is 10.9. The minimum Gasteiger partial charge on any atom is -0.344 e. The molecule has 0 saturated heterocycles. The fourth-order valence-electron chi connectivity index (χ4n) is 4.90. The van der Waals surface area contributed by atoms with Crippen LogP contribution in [0.1, 0.15) is 36.1 Å². The quantitative estimate of drug-likeness (QED) is 0.0761. The highest BCUT2D eigenvalue weighted by Gasteiger charge is 2.31. The standard InChI is InChI=1S/C33H44N8O5/c1-41-22-36-20-26(41)18-29(38-30(43)19-35)33(46)39-27(14-8-9-15-34)31(44)40-28(17-24-12-6-3-7-13-24)32(45)37-25(21-42)16-23-10-4-2-5-11-23/h2-7,10-13,20-22,25,27-29H,8-9,14-19,34-35H2,1H3,(H,37,45)(H,38,43)(H,39,46)(H,40,44)/t25-,27-,28-,29-/m0/s1. The fraction of sp³-hybridized carbons (Fsp3) is 0.394. The molecule has 0 saturated carbocycles. The molecule has 1 heterocycles. The minimum atomic E-state index is -1.05. The summed E-state index contributed by atoms with van der Waals surface area (Å²) in [4.78, 5) is 69.0. The number of carbonyl (C=O) groups is 5. The third-order valence-corrected chi connectivity index (χ3v) is 7.45. The average molecular weight is 633 g/mol. The highest BCUT2D eigenvalue weighted by molar-refractivity contribution is 5.95. The van der Waals surface area contributed by atoms with Gasteiger partial charge in [0.1, 0.15) is 24.4 Å². The number of imidazole rings is 1. The van der Waals surface area contributed by atoms with E-state index in [9.17, 15) is 24.0 Å². The normalized spacial score (nSPS) is 13.5. The number of nitrogens with zero attached hydrogens (tertiary/aromatic N) is 2. The van der Waals surface area contributed by atoms with Gasteiger partial charge in [-0.2, -0.15) is 0 Å². The zero-order valence-electron chi connectivity index (χ0n) is 26.1. The van der Waals surface area contributed by atoms with Crippen molar-refractivity contribution in [1.29, 1.82) is 0 Å². The summed E-state index contributed by atoms with van der Waals surface area (Å²) in [5.74, 6) is -2.26. The van der Waals surface area contributed by atoms with E-state index < -0.39 is 47.8 Å². The molecule has 2 aromatic carbocycles. The van der Waals surface area contributed by atoms with Crippen molar-refractivity contribution in [2.24, 2.45) is 18.5 Å². The van der Waals surface area contributed by atoms with Gasteiger partial charge in [-0.1, -0.05) is 60.7 Å². The molecule has 0 aliphatic heterocycles. The van der Waals surface area contributed by atoms with E-state index in [1.807, 2.05) is 60.7 Å². The molecule has 0 aliphatic rings. The summed E-state index contributed by atoms with van der Waals surface area (Å²) in [7, 11) is 1.76. The molecule has 0 unspecified atom stereocenters. The summed E-state index contributed by atoms with van der Waals surface area (Å²) in [6.07, 6.45) is 5.73. The van der Waals surface area contributed by atoms with Gasteiger partial charge in [0.2, 0.25) is 23.6 Å². The van der Waals surface area contributed by atoms with Crippen molar-refractivity contribution >= 4 is 29.9 Å². The molecule has 4 amide bonds. The van der Waals surface area contributed by atoms with Gasteiger partial charge in [-0.05, 0) is 43.4 Å². The molecular formula is C33H44N8O5. The number of rotatable bonds is 19. The van der Waals surface area contributed by atoms with Gasteiger partial charge in [0.25, 0.3) is 0 Å². The first kappa shape index (κ1) is 35.6. The van der Waals surface area contributed by atoms with Crippen molar-refractivity contribution in [1.82, 2.24) is 30.8 Å². The molecule has 4 atom stereocenters. The van der Waals surface area contributed by atoms with Crippen LogP contribution in [0.15, 0.2) is 73.2 Å². The van der Waals surface area contributed by atoms with Crippen molar-refractivity contribution in [2.45, 2.75) is 62.7 Å². The topological polar surface area (TPSA) is 203 Å². The van der Waals surface area contributed by atoms with Gasteiger partial charge in [-0.15, -0.1) is 0 Å². The Balaban J connectivity index is 1.80. The van der Waals surface area contributed by atoms with E-state index in [2.05, 4.69) is 26.3 Å². The molecule has 1 aromatic heterocycles. The second-order valence-electron chi connectivity index (χ2n) is 11.1. The number of hydrogen-bond donors (Lipinski definition) is 6. The summed E-state index contributed by atoms with van der Waals surface area (Å²) < 4.78 is 1.72. The molecule has 13 heteroatoms. The Kier molecular flexibility index (Phi) is 14.6. The van der Waals surface area contributed by atoms with Crippen LogP contribution < -0.4 is 32.7 Å². The van der Waals surface area contributed by atoms with Gasteiger partial charge in [0.15, 0.2) is 0 Å². The lowest BCUT2D eigenvalue weighted by Crippen LogP contribution is -2.58. The lowest BCUT2D eigenvalue weighted by molar-refractivity contribution is -0.134. The second kappa shape index (κ2) is 18.8. The molecule has 0 fully saturated rings. The van der Waals surface area contributed by atoms with E-state index in [0.717, 1.165) is 11.1 Å². The molecule has 8 N–H and O–H groups in total. The first-order valence-corrected chi connectivity index (χ1v) is 15.3. The highest BCUT2D eigenvalue weighted by Crippen LogP contribution is 2.09. The summed E-state index contributed by atoms with van der Waals surface area (Å²) in [6.45, 7) is 0.0728. The Bertz CT molecular complexity index is 1420. The summed E-state index contributed by atoms with van der Waals surface area (Å²) in [5.41, 5.74) is 13.5. The Morgan fingerprint density at radius 2 is 1.33 bits per heavy atom. The second-order valence-corrected chi connectivity index (χ2v) is 11.1. The summed E-state index contributed by atoms with van der Waals surface area (Å²) in [6, 6.07) is 14.5. The van der Waals surface area contributed by atoms with Crippen molar-refractivity contribution in [2.75, 3.05) is 13.1 Å². The number of aryl methyl sites for hydroxylation is 1. The Labute approximate surface area is 268 Å². The number of unbranched alkanes of at least 4 members (excludes halogenated alkanes) is 1. The molecule has 3 aromatic rings. The third kappa shape index (κ3) is 11.6. The average Bonchev–Trinajstić information content (AvgIpc) is 3.47. The van der Waals surface area contributed by atoms with Crippen molar-refractivity contribution < 1.29 is 24.0 Å². The third-order valence-electron chi connectivity index (χ3n) is 7.45.